The molecule has 0 radical (unpaired) electrons. The molecule has 0 aliphatic rings. The van der Waals surface area contributed by atoms with E-state index in [2.05, 4.69) is 32.0 Å². The minimum atomic E-state index is -0.112. The highest BCUT2D eigenvalue weighted by Gasteiger charge is 2.11. The van der Waals surface area contributed by atoms with Crippen LogP contribution in [0.5, 0.6) is 0 Å². The van der Waals surface area contributed by atoms with Crippen molar-refractivity contribution < 1.29 is 0 Å². The van der Waals surface area contributed by atoms with Crippen molar-refractivity contribution in [3.05, 3.63) is 64.7 Å². The van der Waals surface area contributed by atoms with Gasteiger partial charge in [0.25, 0.3) is 0 Å². The fourth-order valence-corrected chi connectivity index (χ4v) is 2.11. The van der Waals surface area contributed by atoms with Crippen LogP contribution in [0.3, 0.4) is 0 Å². The van der Waals surface area contributed by atoms with Crippen LogP contribution in [0.1, 0.15) is 28.3 Å². The zero-order valence-electron chi connectivity index (χ0n) is 10.3. The van der Waals surface area contributed by atoms with E-state index in [1.807, 2.05) is 24.3 Å². The third-order valence-electron chi connectivity index (χ3n) is 3.03. The van der Waals surface area contributed by atoms with Crippen LogP contribution >= 0.6 is 0 Å². The molecule has 0 spiro atoms. The Labute approximate surface area is 102 Å². The molecule has 1 unspecified atom stereocenters. The molecule has 88 valence electrons. The van der Waals surface area contributed by atoms with E-state index in [4.69, 9.17) is 11.5 Å². The Morgan fingerprint density at radius 3 is 2.41 bits per heavy atom. The summed E-state index contributed by atoms with van der Waals surface area (Å²) in [6.07, 6.45) is 0. The van der Waals surface area contributed by atoms with E-state index >= 15 is 0 Å². The Morgan fingerprint density at radius 2 is 1.76 bits per heavy atom. The largest absolute Gasteiger partial charge is 0.399 e. The van der Waals surface area contributed by atoms with Gasteiger partial charge in [0.15, 0.2) is 0 Å². The first-order valence-electron chi connectivity index (χ1n) is 5.76. The minimum Gasteiger partial charge on any atom is -0.399 e. The molecule has 2 aromatic carbocycles. The molecule has 0 fully saturated rings. The summed E-state index contributed by atoms with van der Waals surface area (Å²) in [5, 5.41) is 0. The van der Waals surface area contributed by atoms with Gasteiger partial charge in [-0.2, -0.15) is 0 Å². The van der Waals surface area contributed by atoms with E-state index in [9.17, 15) is 0 Å². The van der Waals surface area contributed by atoms with Gasteiger partial charge in [-0.15, -0.1) is 0 Å². The standard InChI is InChI=1S/C15H18N2/c1-10-6-7-14(11(2)8-10)15(17)12-4-3-5-13(16)9-12/h3-9,15H,16-17H2,1-2H3. The molecule has 0 aliphatic carbocycles. The van der Waals surface area contributed by atoms with Gasteiger partial charge in [-0.1, -0.05) is 35.9 Å². The monoisotopic (exact) mass is 226 g/mol. The van der Waals surface area contributed by atoms with Crippen LogP contribution in [0.25, 0.3) is 0 Å². The summed E-state index contributed by atoms with van der Waals surface area (Å²) in [6.45, 7) is 4.18. The van der Waals surface area contributed by atoms with Crippen molar-refractivity contribution in [2.24, 2.45) is 5.73 Å². The maximum absolute atomic E-state index is 6.28. The van der Waals surface area contributed by atoms with Crippen LogP contribution < -0.4 is 11.5 Å². The van der Waals surface area contributed by atoms with Crippen LogP contribution in [0.2, 0.25) is 0 Å². The van der Waals surface area contributed by atoms with Gasteiger partial charge in [0.2, 0.25) is 0 Å². The van der Waals surface area contributed by atoms with E-state index < -0.39 is 0 Å². The van der Waals surface area contributed by atoms with Gasteiger partial charge in [0.1, 0.15) is 0 Å². The first-order valence-corrected chi connectivity index (χ1v) is 5.76. The topological polar surface area (TPSA) is 52.0 Å². The highest BCUT2D eigenvalue weighted by molar-refractivity contribution is 5.45. The lowest BCUT2D eigenvalue weighted by Gasteiger charge is -2.16. The Balaban J connectivity index is 2.40. The van der Waals surface area contributed by atoms with Gasteiger partial charge in [0.05, 0.1) is 6.04 Å². The molecule has 4 N–H and O–H groups in total. The van der Waals surface area contributed by atoms with E-state index in [0.717, 1.165) is 16.8 Å². The first-order chi connectivity index (χ1) is 8.08. The number of aryl methyl sites for hydroxylation is 2. The lowest BCUT2D eigenvalue weighted by Crippen LogP contribution is -2.13. The van der Waals surface area contributed by atoms with Crippen LogP contribution in [0.15, 0.2) is 42.5 Å². The molecule has 0 saturated heterocycles. The van der Waals surface area contributed by atoms with Gasteiger partial charge in [0, 0.05) is 5.69 Å². The molecule has 2 rings (SSSR count). The van der Waals surface area contributed by atoms with Crippen LogP contribution in [0.4, 0.5) is 5.69 Å². The zero-order chi connectivity index (χ0) is 12.4. The normalized spacial score (nSPS) is 12.4. The smallest absolute Gasteiger partial charge is 0.0555 e. The number of nitrogen functional groups attached to an aromatic ring is 1. The van der Waals surface area contributed by atoms with Gasteiger partial charge >= 0.3 is 0 Å². The second-order valence-corrected chi connectivity index (χ2v) is 4.51. The molecule has 17 heavy (non-hydrogen) atoms. The van der Waals surface area contributed by atoms with Crippen molar-refractivity contribution in [3.63, 3.8) is 0 Å². The molecule has 0 aliphatic heterocycles. The Kier molecular flexibility index (Phi) is 3.16. The van der Waals surface area contributed by atoms with Gasteiger partial charge < -0.3 is 11.5 Å². The molecule has 0 bridgehead atoms. The van der Waals surface area contributed by atoms with Crippen LogP contribution in [-0.4, -0.2) is 0 Å². The molecule has 0 saturated carbocycles. The predicted octanol–water partition coefficient (Wildman–Crippen LogP) is 2.93. The second kappa shape index (κ2) is 4.60. The molecular formula is C15H18N2. The highest BCUT2D eigenvalue weighted by atomic mass is 14.6. The molecular weight excluding hydrogens is 208 g/mol. The van der Waals surface area contributed by atoms with E-state index in [1.165, 1.54) is 11.1 Å². The summed E-state index contributed by atoms with van der Waals surface area (Å²) in [7, 11) is 0. The SMILES string of the molecule is Cc1ccc(C(N)c2cccc(N)c2)c(C)c1. The summed E-state index contributed by atoms with van der Waals surface area (Å²) in [4.78, 5) is 0. The van der Waals surface area contributed by atoms with Gasteiger partial charge in [-0.25, -0.2) is 0 Å². The van der Waals surface area contributed by atoms with Crippen molar-refractivity contribution in [2.45, 2.75) is 19.9 Å². The molecule has 0 amide bonds. The lowest BCUT2D eigenvalue weighted by molar-refractivity contribution is 0.861. The van der Waals surface area contributed by atoms with E-state index in [-0.39, 0.29) is 6.04 Å². The predicted molar refractivity (Wildman–Crippen MR) is 72.8 cm³/mol. The van der Waals surface area contributed by atoms with Crippen molar-refractivity contribution in [1.82, 2.24) is 0 Å². The first kappa shape index (κ1) is 11.7. The Hall–Kier alpha value is -1.80. The quantitative estimate of drug-likeness (QED) is 0.773. The van der Waals surface area contributed by atoms with Crippen molar-refractivity contribution in [1.29, 1.82) is 0 Å². The zero-order valence-corrected chi connectivity index (χ0v) is 10.3. The number of hydrogen-bond acceptors (Lipinski definition) is 2. The number of rotatable bonds is 2. The summed E-state index contributed by atoms with van der Waals surface area (Å²) < 4.78 is 0. The van der Waals surface area contributed by atoms with Gasteiger partial charge in [-0.05, 0) is 42.7 Å². The van der Waals surface area contributed by atoms with E-state index in [1.54, 1.807) is 0 Å². The molecule has 0 aromatic heterocycles. The molecule has 1 atom stereocenters. The lowest BCUT2D eigenvalue weighted by atomic mass is 9.94. The fraction of sp³-hybridized carbons (Fsp3) is 0.200. The maximum atomic E-state index is 6.28. The van der Waals surface area contributed by atoms with Crippen molar-refractivity contribution >= 4 is 5.69 Å². The van der Waals surface area contributed by atoms with E-state index in [0.29, 0.717) is 0 Å². The molecule has 2 heteroatoms. The minimum absolute atomic E-state index is 0.112. The van der Waals surface area contributed by atoms with Crippen LogP contribution in [0, 0.1) is 13.8 Å². The number of benzene rings is 2. The number of anilines is 1. The summed E-state index contributed by atoms with van der Waals surface area (Å²) in [5.41, 5.74) is 17.5. The molecule has 0 heterocycles. The molecule has 2 nitrogen and oxygen atoms in total. The third kappa shape index (κ3) is 2.48. The maximum Gasteiger partial charge on any atom is 0.0555 e. The summed E-state index contributed by atoms with van der Waals surface area (Å²) in [5.74, 6) is 0. The summed E-state index contributed by atoms with van der Waals surface area (Å²) in [6, 6.07) is 14.0. The Bertz CT molecular complexity index is 532. The van der Waals surface area contributed by atoms with Gasteiger partial charge in [-0.3, -0.25) is 0 Å². The Morgan fingerprint density at radius 1 is 1.00 bits per heavy atom. The molecule has 2 aromatic rings. The summed E-state index contributed by atoms with van der Waals surface area (Å²) >= 11 is 0. The number of nitrogens with two attached hydrogens (primary N) is 2. The third-order valence-corrected chi connectivity index (χ3v) is 3.03. The van der Waals surface area contributed by atoms with Crippen molar-refractivity contribution in [3.8, 4) is 0 Å². The van der Waals surface area contributed by atoms with Crippen LogP contribution in [-0.2, 0) is 0 Å². The fourth-order valence-electron chi connectivity index (χ4n) is 2.11. The number of hydrogen-bond donors (Lipinski definition) is 2. The second-order valence-electron chi connectivity index (χ2n) is 4.51. The average Bonchev–Trinajstić information content (AvgIpc) is 2.28. The average molecular weight is 226 g/mol. The highest BCUT2D eigenvalue weighted by Crippen LogP contribution is 2.24. The van der Waals surface area contributed by atoms with Crippen molar-refractivity contribution in [2.75, 3.05) is 5.73 Å².